The molecule has 3 aromatic heterocycles. The molecule has 3 aromatic rings. The Kier molecular flexibility index (Phi) is 9.50. The van der Waals surface area contributed by atoms with Crippen LogP contribution in [0.3, 0.4) is 0 Å². The summed E-state index contributed by atoms with van der Waals surface area (Å²) >= 11 is 6.58. The molecule has 4 heterocycles. The lowest BCUT2D eigenvalue weighted by Gasteiger charge is -2.35. The van der Waals surface area contributed by atoms with Crippen molar-refractivity contribution < 1.29 is 32.7 Å². The van der Waals surface area contributed by atoms with E-state index in [4.69, 9.17) is 16.7 Å². The quantitative estimate of drug-likeness (QED) is 0.347. The van der Waals surface area contributed by atoms with Gasteiger partial charge >= 0.3 is 6.18 Å². The first-order valence-corrected chi connectivity index (χ1v) is 13.6. The fourth-order valence-electron chi connectivity index (χ4n) is 4.10. The molecule has 1 aliphatic rings. The number of aromatic nitrogens is 4. The van der Waals surface area contributed by atoms with E-state index < -0.39 is 22.7 Å². The normalized spacial score (nSPS) is 14.6. The van der Waals surface area contributed by atoms with Crippen LogP contribution in [-0.2, 0) is 11.0 Å². The van der Waals surface area contributed by atoms with E-state index in [1.807, 2.05) is 4.90 Å². The summed E-state index contributed by atoms with van der Waals surface area (Å²) in [4.78, 5) is 57.6. The molecular weight excluding hydrogens is 587 g/mol. The molecule has 41 heavy (non-hydrogen) atoms. The third-order valence-corrected chi connectivity index (χ3v) is 7.81. The zero-order valence-corrected chi connectivity index (χ0v) is 23.3. The van der Waals surface area contributed by atoms with Gasteiger partial charge in [0.1, 0.15) is 28.5 Å². The lowest BCUT2D eigenvalue weighted by Crippen LogP contribution is -2.49. The van der Waals surface area contributed by atoms with E-state index in [-0.39, 0.29) is 53.4 Å². The Bertz CT molecular complexity index is 1430. The smallest absolute Gasteiger partial charge is 0.396 e. The van der Waals surface area contributed by atoms with Crippen molar-refractivity contribution in [3.63, 3.8) is 0 Å². The molecule has 0 radical (unpaired) electrons. The molecule has 0 saturated carbocycles. The number of pyridine rings is 1. The van der Waals surface area contributed by atoms with Gasteiger partial charge < -0.3 is 20.2 Å². The molecule has 0 aliphatic carbocycles. The molecular formula is C25H25ClF3N7O4S. The summed E-state index contributed by atoms with van der Waals surface area (Å²) in [6.45, 7) is 3.55. The molecule has 1 fully saturated rings. The first kappa shape index (κ1) is 30.3. The van der Waals surface area contributed by atoms with E-state index in [0.29, 0.717) is 43.1 Å². The van der Waals surface area contributed by atoms with Gasteiger partial charge in [-0.05, 0) is 6.07 Å². The number of Topliss-reactive ketones (excluding diaryl/α,β-unsaturated/α-hetero) is 1. The van der Waals surface area contributed by atoms with Gasteiger partial charge in [0.05, 0.1) is 28.4 Å². The SMILES string of the molecule is CC(CC(=O)c1cc(N2CCN(C(=O)CCO)CC2)ncn1)c1ncc(C(=O)Nc2cc(C(F)(F)F)c(Cl)cn2)s1. The van der Waals surface area contributed by atoms with Crippen molar-refractivity contribution in [1.29, 1.82) is 0 Å². The third-order valence-electron chi connectivity index (χ3n) is 6.28. The van der Waals surface area contributed by atoms with E-state index >= 15 is 0 Å². The molecule has 4 rings (SSSR count). The lowest BCUT2D eigenvalue weighted by molar-refractivity contribution is -0.137. The van der Waals surface area contributed by atoms with Gasteiger partial charge in [-0.15, -0.1) is 11.3 Å². The van der Waals surface area contributed by atoms with Gasteiger partial charge in [0, 0.05) is 57.2 Å². The largest absolute Gasteiger partial charge is 0.418 e. The third kappa shape index (κ3) is 7.54. The number of hydrogen-bond acceptors (Lipinski definition) is 10. The average molecular weight is 612 g/mol. The number of anilines is 2. The second-order valence-electron chi connectivity index (χ2n) is 9.20. The number of thiazole rings is 1. The Balaban J connectivity index is 1.36. The van der Waals surface area contributed by atoms with Crippen molar-refractivity contribution in [1.82, 2.24) is 24.8 Å². The summed E-state index contributed by atoms with van der Waals surface area (Å²) in [5, 5.41) is 11.2. The number of alkyl halides is 3. The number of piperazine rings is 1. The van der Waals surface area contributed by atoms with Crippen LogP contribution in [0, 0.1) is 0 Å². The maximum absolute atomic E-state index is 13.1. The summed E-state index contributed by atoms with van der Waals surface area (Å²) in [6.07, 6.45) is -1.19. The van der Waals surface area contributed by atoms with Crippen LogP contribution in [0.5, 0.6) is 0 Å². The number of carbonyl (C=O) groups excluding carboxylic acids is 3. The van der Waals surface area contributed by atoms with Gasteiger partial charge in [-0.1, -0.05) is 18.5 Å². The second kappa shape index (κ2) is 12.9. The van der Waals surface area contributed by atoms with Crippen LogP contribution in [-0.4, -0.2) is 80.3 Å². The minimum atomic E-state index is -4.71. The van der Waals surface area contributed by atoms with Gasteiger partial charge in [0.15, 0.2) is 5.78 Å². The van der Waals surface area contributed by atoms with E-state index in [1.54, 1.807) is 17.9 Å². The summed E-state index contributed by atoms with van der Waals surface area (Å²) in [7, 11) is 0. The Morgan fingerprint density at radius 1 is 1.10 bits per heavy atom. The van der Waals surface area contributed by atoms with E-state index in [9.17, 15) is 27.6 Å². The summed E-state index contributed by atoms with van der Waals surface area (Å²) in [5.41, 5.74) is -0.908. The van der Waals surface area contributed by atoms with Crippen molar-refractivity contribution in [2.24, 2.45) is 0 Å². The van der Waals surface area contributed by atoms with Crippen molar-refractivity contribution in [2.75, 3.05) is 43.0 Å². The highest BCUT2D eigenvalue weighted by atomic mass is 35.5. The molecule has 2 amide bonds. The van der Waals surface area contributed by atoms with Crippen LogP contribution >= 0.6 is 22.9 Å². The van der Waals surface area contributed by atoms with Gasteiger partial charge in [0.25, 0.3) is 5.91 Å². The number of aliphatic hydroxyl groups excluding tert-OH is 1. The first-order valence-electron chi connectivity index (χ1n) is 12.4. The zero-order valence-electron chi connectivity index (χ0n) is 21.7. The fraction of sp³-hybridized carbons (Fsp3) is 0.400. The highest BCUT2D eigenvalue weighted by Crippen LogP contribution is 2.35. The van der Waals surface area contributed by atoms with Gasteiger partial charge in [0.2, 0.25) is 5.91 Å². The van der Waals surface area contributed by atoms with Crippen molar-refractivity contribution in [3.8, 4) is 0 Å². The molecule has 218 valence electrons. The standard InChI is InChI=1S/C25H25ClF3N7O4S/c1-14(24-31-12-19(41-24)23(40)34-20-9-15(25(27,28)29)16(26)11-30-20)8-18(38)17-10-21(33-13-32-17)35-3-5-36(6-4-35)22(39)2-7-37/h9-14,37H,2-8H2,1H3,(H,30,34,40). The Morgan fingerprint density at radius 2 is 1.83 bits per heavy atom. The van der Waals surface area contributed by atoms with Crippen LogP contribution in [0.25, 0.3) is 0 Å². The number of nitrogens with one attached hydrogen (secondary N) is 1. The number of halogens is 4. The molecule has 0 spiro atoms. The van der Waals surface area contributed by atoms with Crippen molar-refractivity contribution >= 4 is 52.2 Å². The highest BCUT2D eigenvalue weighted by Gasteiger charge is 2.34. The second-order valence-corrected chi connectivity index (χ2v) is 10.7. The van der Waals surface area contributed by atoms with E-state index in [2.05, 4.69) is 25.3 Å². The number of ketones is 1. The highest BCUT2D eigenvalue weighted by molar-refractivity contribution is 7.13. The number of aliphatic hydroxyl groups is 1. The molecule has 1 atom stereocenters. The van der Waals surface area contributed by atoms with Crippen LogP contribution in [0.4, 0.5) is 24.8 Å². The maximum Gasteiger partial charge on any atom is 0.418 e. The van der Waals surface area contributed by atoms with Crippen molar-refractivity contribution in [2.45, 2.75) is 31.9 Å². The molecule has 0 bridgehead atoms. The predicted molar refractivity (Wildman–Crippen MR) is 144 cm³/mol. The molecule has 2 N–H and O–H groups in total. The minimum Gasteiger partial charge on any atom is -0.396 e. The minimum absolute atomic E-state index is 0.0438. The molecule has 1 unspecified atom stereocenters. The van der Waals surface area contributed by atoms with Crippen LogP contribution in [0.15, 0.2) is 30.9 Å². The number of amides is 2. The van der Waals surface area contributed by atoms with Crippen LogP contribution < -0.4 is 10.2 Å². The Hall–Kier alpha value is -3.69. The fourth-order valence-corrected chi connectivity index (χ4v) is 5.18. The monoisotopic (exact) mass is 611 g/mol. The van der Waals surface area contributed by atoms with E-state index in [1.165, 1.54) is 12.5 Å². The molecule has 0 aromatic carbocycles. The molecule has 16 heteroatoms. The number of carbonyl (C=O) groups is 3. The average Bonchev–Trinajstić information content (AvgIpc) is 3.45. The molecule has 11 nitrogen and oxygen atoms in total. The number of hydrogen-bond donors (Lipinski definition) is 2. The van der Waals surface area contributed by atoms with Crippen molar-refractivity contribution in [3.05, 3.63) is 57.0 Å². The number of rotatable bonds is 9. The lowest BCUT2D eigenvalue weighted by atomic mass is 10.0. The van der Waals surface area contributed by atoms with Gasteiger partial charge in [-0.2, -0.15) is 13.2 Å². The van der Waals surface area contributed by atoms with Gasteiger partial charge in [-0.25, -0.2) is 19.9 Å². The Labute approximate surface area is 241 Å². The molecule has 1 saturated heterocycles. The predicted octanol–water partition coefficient (Wildman–Crippen LogP) is 3.66. The van der Waals surface area contributed by atoms with Crippen LogP contribution in [0.1, 0.15) is 56.4 Å². The Morgan fingerprint density at radius 3 is 2.51 bits per heavy atom. The van der Waals surface area contributed by atoms with E-state index in [0.717, 1.165) is 17.5 Å². The zero-order chi connectivity index (χ0) is 29.7. The number of nitrogens with zero attached hydrogens (tertiary/aromatic N) is 6. The summed E-state index contributed by atoms with van der Waals surface area (Å²) in [6, 6.07) is 2.24. The maximum atomic E-state index is 13.1. The molecule has 1 aliphatic heterocycles. The van der Waals surface area contributed by atoms with Gasteiger partial charge in [-0.3, -0.25) is 14.4 Å². The topological polar surface area (TPSA) is 142 Å². The van der Waals surface area contributed by atoms with Crippen LogP contribution in [0.2, 0.25) is 5.02 Å². The first-order chi connectivity index (χ1) is 19.5. The summed E-state index contributed by atoms with van der Waals surface area (Å²) in [5.74, 6) is -1.21. The summed E-state index contributed by atoms with van der Waals surface area (Å²) < 4.78 is 39.3.